The number of carbonyl (C=O) groups excluding carboxylic acids is 1. The standard InChI is InChI=1S/C11H12N2O4S/c14-11(12-18(15)16)9-3-1-2-4-10(9)13-5-7-17-8-6-13/h1-4H,5-8H2. The average Bonchev–Trinajstić information content (AvgIpc) is 2.39. The molecule has 0 N–H and O–H groups in total. The Labute approximate surface area is 106 Å². The summed E-state index contributed by atoms with van der Waals surface area (Å²) in [6, 6.07) is 6.83. The van der Waals surface area contributed by atoms with Gasteiger partial charge in [0.25, 0.3) is 5.91 Å². The number of amides is 1. The lowest BCUT2D eigenvalue weighted by Crippen LogP contribution is -2.37. The molecule has 1 aromatic carbocycles. The van der Waals surface area contributed by atoms with Gasteiger partial charge in [0, 0.05) is 18.8 Å². The van der Waals surface area contributed by atoms with Crippen LogP contribution in [0.1, 0.15) is 10.4 Å². The first-order valence-electron chi connectivity index (χ1n) is 5.45. The minimum Gasteiger partial charge on any atom is -0.378 e. The third-order valence-corrected chi connectivity index (χ3v) is 2.96. The third-order valence-electron chi connectivity index (χ3n) is 2.64. The molecule has 0 aromatic heterocycles. The van der Waals surface area contributed by atoms with E-state index in [2.05, 4.69) is 4.36 Å². The minimum atomic E-state index is -2.73. The summed E-state index contributed by atoms with van der Waals surface area (Å²) in [6.45, 7) is 2.52. The Morgan fingerprint density at radius 3 is 2.56 bits per heavy atom. The maximum Gasteiger partial charge on any atom is 0.319 e. The third kappa shape index (κ3) is 2.93. The zero-order valence-electron chi connectivity index (χ0n) is 9.57. The highest BCUT2D eigenvalue weighted by Gasteiger charge is 2.18. The van der Waals surface area contributed by atoms with E-state index in [9.17, 15) is 13.2 Å². The predicted octanol–water partition coefficient (Wildman–Crippen LogP) is 0.726. The van der Waals surface area contributed by atoms with Crippen LogP contribution in [0.25, 0.3) is 0 Å². The number of para-hydroxylation sites is 1. The van der Waals surface area contributed by atoms with Gasteiger partial charge < -0.3 is 9.64 Å². The number of benzene rings is 1. The van der Waals surface area contributed by atoms with Gasteiger partial charge in [0.05, 0.1) is 18.8 Å². The number of ether oxygens (including phenoxy) is 1. The van der Waals surface area contributed by atoms with Crippen LogP contribution < -0.4 is 4.90 Å². The summed E-state index contributed by atoms with van der Waals surface area (Å²) >= 11 is 0. The summed E-state index contributed by atoms with van der Waals surface area (Å²) in [6.07, 6.45) is 0. The Morgan fingerprint density at radius 1 is 1.22 bits per heavy atom. The Hall–Kier alpha value is -1.73. The van der Waals surface area contributed by atoms with Crippen molar-refractivity contribution < 1.29 is 17.9 Å². The summed E-state index contributed by atoms with van der Waals surface area (Å²) < 4.78 is 29.2. The first-order chi connectivity index (χ1) is 8.68. The first kappa shape index (κ1) is 12.7. The second kappa shape index (κ2) is 5.74. The fourth-order valence-corrected chi connectivity index (χ4v) is 2.09. The van der Waals surface area contributed by atoms with E-state index in [-0.39, 0.29) is 0 Å². The highest BCUT2D eigenvalue weighted by atomic mass is 32.2. The van der Waals surface area contributed by atoms with Crippen molar-refractivity contribution >= 4 is 22.1 Å². The average molecular weight is 268 g/mol. The quantitative estimate of drug-likeness (QED) is 0.790. The molecule has 2 rings (SSSR count). The van der Waals surface area contributed by atoms with E-state index in [0.29, 0.717) is 37.6 Å². The zero-order valence-corrected chi connectivity index (χ0v) is 10.4. The molecular weight excluding hydrogens is 256 g/mol. The molecule has 6 nitrogen and oxygen atoms in total. The van der Waals surface area contributed by atoms with Gasteiger partial charge in [-0.25, -0.2) is 0 Å². The van der Waals surface area contributed by atoms with Crippen LogP contribution in [-0.4, -0.2) is 40.6 Å². The number of rotatable bonds is 2. The van der Waals surface area contributed by atoms with Gasteiger partial charge in [-0.05, 0) is 12.1 Å². The van der Waals surface area contributed by atoms with E-state index in [1.54, 1.807) is 24.3 Å². The molecule has 0 bridgehead atoms. The van der Waals surface area contributed by atoms with Crippen molar-refractivity contribution in [3.05, 3.63) is 29.8 Å². The number of morpholine rings is 1. The molecule has 7 heteroatoms. The van der Waals surface area contributed by atoms with Crippen molar-refractivity contribution in [1.29, 1.82) is 0 Å². The van der Waals surface area contributed by atoms with Gasteiger partial charge in [0.15, 0.2) is 0 Å². The first-order valence-corrected chi connectivity index (χ1v) is 6.49. The molecule has 0 radical (unpaired) electrons. The maximum atomic E-state index is 11.7. The van der Waals surface area contributed by atoms with Crippen molar-refractivity contribution in [2.24, 2.45) is 4.36 Å². The maximum absolute atomic E-state index is 11.7. The molecule has 0 spiro atoms. The summed E-state index contributed by atoms with van der Waals surface area (Å²) in [5.41, 5.74) is 0.989. The van der Waals surface area contributed by atoms with E-state index >= 15 is 0 Å². The molecule has 0 unspecified atom stereocenters. The number of hydrogen-bond donors (Lipinski definition) is 0. The van der Waals surface area contributed by atoms with Crippen LogP contribution in [0.3, 0.4) is 0 Å². The lowest BCUT2D eigenvalue weighted by molar-refractivity contribution is 0.100. The molecule has 1 aliphatic heterocycles. The zero-order chi connectivity index (χ0) is 13.0. The molecule has 1 amide bonds. The topological polar surface area (TPSA) is 76.0 Å². The fraction of sp³-hybridized carbons (Fsp3) is 0.364. The molecule has 96 valence electrons. The van der Waals surface area contributed by atoms with E-state index in [0.717, 1.165) is 0 Å². The molecular formula is C11H12N2O4S. The number of hydrogen-bond acceptors (Lipinski definition) is 5. The summed E-state index contributed by atoms with van der Waals surface area (Å²) in [7, 11) is -2.73. The molecule has 18 heavy (non-hydrogen) atoms. The summed E-state index contributed by atoms with van der Waals surface area (Å²) in [4.78, 5) is 13.7. The Balaban J connectivity index is 2.35. The Kier molecular flexibility index (Phi) is 4.06. The second-order valence-corrected chi connectivity index (χ2v) is 4.35. The Morgan fingerprint density at radius 2 is 1.89 bits per heavy atom. The summed E-state index contributed by atoms with van der Waals surface area (Å²) in [5.74, 6) is -0.745. The number of nitrogens with zero attached hydrogens (tertiary/aromatic N) is 2. The Bertz CT molecular complexity index is 568. The van der Waals surface area contributed by atoms with Crippen LogP contribution in [0.5, 0.6) is 0 Å². The van der Waals surface area contributed by atoms with E-state index in [4.69, 9.17) is 4.74 Å². The SMILES string of the molecule is O=C(N=S(=O)=O)c1ccccc1N1CCOCC1. The van der Waals surface area contributed by atoms with Crippen LogP contribution in [0, 0.1) is 0 Å². The van der Waals surface area contributed by atoms with Crippen LogP contribution >= 0.6 is 0 Å². The van der Waals surface area contributed by atoms with Gasteiger partial charge in [-0.15, -0.1) is 0 Å². The molecule has 1 aromatic rings. The van der Waals surface area contributed by atoms with Crippen LogP contribution in [0.4, 0.5) is 5.69 Å². The lowest BCUT2D eigenvalue weighted by Gasteiger charge is -2.29. The van der Waals surface area contributed by atoms with E-state index in [1.165, 1.54) is 0 Å². The second-order valence-electron chi connectivity index (χ2n) is 3.73. The van der Waals surface area contributed by atoms with Crippen molar-refractivity contribution in [2.45, 2.75) is 0 Å². The molecule has 1 fully saturated rings. The van der Waals surface area contributed by atoms with E-state index in [1.807, 2.05) is 4.90 Å². The largest absolute Gasteiger partial charge is 0.378 e. The van der Waals surface area contributed by atoms with Gasteiger partial charge in [0.1, 0.15) is 0 Å². The van der Waals surface area contributed by atoms with Crippen LogP contribution in [0.2, 0.25) is 0 Å². The van der Waals surface area contributed by atoms with Gasteiger partial charge in [-0.3, -0.25) is 4.79 Å². The van der Waals surface area contributed by atoms with Crippen molar-refractivity contribution in [3.63, 3.8) is 0 Å². The predicted molar refractivity (Wildman–Crippen MR) is 65.2 cm³/mol. The van der Waals surface area contributed by atoms with Crippen LogP contribution in [-0.2, 0) is 15.2 Å². The summed E-state index contributed by atoms with van der Waals surface area (Å²) in [5, 5.41) is 0. The molecule has 1 heterocycles. The molecule has 0 saturated carbocycles. The van der Waals surface area contributed by atoms with Crippen molar-refractivity contribution in [3.8, 4) is 0 Å². The highest BCUT2D eigenvalue weighted by molar-refractivity contribution is 7.62. The van der Waals surface area contributed by atoms with Gasteiger partial charge in [0.2, 0.25) is 0 Å². The number of anilines is 1. The van der Waals surface area contributed by atoms with Gasteiger partial charge in [-0.1, -0.05) is 16.5 Å². The van der Waals surface area contributed by atoms with Crippen molar-refractivity contribution in [1.82, 2.24) is 0 Å². The monoisotopic (exact) mass is 268 g/mol. The molecule has 1 aliphatic rings. The number of carbonyl (C=O) groups is 1. The molecule has 0 atom stereocenters. The van der Waals surface area contributed by atoms with E-state index < -0.39 is 16.4 Å². The van der Waals surface area contributed by atoms with Gasteiger partial charge >= 0.3 is 10.5 Å². The minimum absolute atomic E-state index is 0.295. The fourth-order valence-electron chi connectivity index (χ4n) is 1.85. The molecule has 1 saturated heterocycles. The lowest BCUT2D eigenvalue weighted by atomic mass is 10.1. The smallest absolute Gasteiger partial charge is 0.319 e. The molecule has 0 aliphatic carbocycles. The van der Waals surface area contributed by atoms with Crippen LogP contribution in [0.15, 0.2) is 28.6 Å². The normalized spacial score (nSPS) is 15.2. The highest BCUT2D eigenvalue weighted by Crippen LogP contribution is 2.22. The van der Waals surface area contributed by atoms with Gasteiger partial charge in [-0.2, -0.15) is 8.42 Å². The van der Waals surface area contributed by atoms with Crippen molar-refractivity contribution in [2.75, 3.05) is 31.2 Å².